The molecule has 5 rings (SSSR count). The van der Waals surface area contributed by atoms with Crippen LogP contribution >= 0.6 is 0 Å². The summed E-state index contributed by atoms with van der Waals surface area (Å²) in [6.45, 7) is 2.65. The van der Waals surface area contributed by atoms with E-state index in [1.807, 2.05) is 65.2 Å². The molecule has 0 aliphatic carbocycles. The monoisotopic (exact) mass is 459 g/mol. The van der Waals surface area contributed by atoms with Crippen LogP contribution in [-0.4, -0.2) is 58.4 Å². The first-order chi connectivity index (χ1) is 16.5. The maximum atomic E-state index is 13.6. The number of aryl methyl sites for hydroxylation is 1. The first kappa shape index (κ1) is 21.8. The number of benzene rings is 2. The Hall–Kier alpha value is -4.07. The molecule has 1 fully saturated rings. The number of carbonyl (C=O) groups is 1. The molecular weight excluding hydrogens is 433 g/mol. The van der Waals surface area contributed by atoms with Crippen molar-refractivity contribution >= 4 is 11.6 Å². The standard InChI is InChI=1S/C26H26FN5O2/c1-29-13-3-4-24(29)23-18-25(32(28-23)21-7-5-19(27)6-8-21)26(33)31-16-14-30(15-17-31)20-9-11-22(34-2)12-10-20/h3-13,18H,14-17H2,1-2H3. The van der Waals surface area contributed by atoms with Crippen LogP contribution in [0, 0.1) is 5.82 Å². The molecule has 0 unspecified atom stereocenters. The van der Waals surface area contributed by atoms with Gasteiger partial charge in [-0.3, -0.25) is 4.79 Å². The zero-order valence-corrected chi connectivity index (χ0v) is 19.2. The lowest BCUT2D eigenvalue weighted by atomic mass is 10.2. The molecule has 0 spiro atoms. The lowest BCUT2D eigenvalue weighted by Crippen LogP contribution is -2.49. The van der Waals surface area contributed by atoms with Gasteiger partial charge in [-0.2, -0.15) is 5.10 Å². The summed E-state index contributed by atoms with van der Waals surface area (Å²) in [5.74, 6) is 0.397. The highest BCUT2D eigenvalue weighted by atomic mass is 19.1. The molecule has 1 amide bonds. The van der Waals surface area contributed by atoms with Crippen molar-refractivity contribution in [2.24, 2.45) is 7.05 Å². The minimum Gasteiger partial charge on any atom is -0.497 e. The van der Waals surface area contributed by atoms with Gasteiger partial charge in [-0.25, -0.2) is 9.07 Å². The fourth-order valence-electron chi connectivity index (χ4n) is 4.29. The summed E-state index contributed by atoms with van der Waals surface area (Å²) in [4.78, 5) is 17.7. The summed E-state index contributed by atoms with van der Waals surface area (Å²) in [6.07, 6.45) is 1.94. The van der Waals surface area contributed by atoms with Gasteiger partial charge in [0.1, 0.15) is 23.0 Å². The van der Waals surface area contributed by atoms with E-state index >= 15 is 0 Å². The second-order valence-electron chi connectivity index (χ2n) is 8.28. The van der Waals surface area contributed by atoms with Gasteiger partial charge in [0.15, 0.2) is 0 Å². The Labute approximate surface area is 197 Å². The van der Waals surface area contributed by atoms with Crippen molar-refractivity contribution in [3.8, 4) is 22.8 Å². The summed E-state index contributed by atoms with van der Waals surface area (Å²) in [6, 6.07) is 19.7. The molecule has 0 N–H and O–H groups in total. The number of anilines is 1. The van der Waals surface area contributed by atoms with Gasteiger partial charge in [0.05, 0.1) is 18.5 Å². The molecule has 4 aromatic rings. The van der Waals surface area contributed by atoms with Crippen LogP contribution in [0.5, 0.6) is 5.75 Å². The minimum absolute atomic E-state index is 0.0911. The number of hydrogen-bond donors (Lipinski definition) is 0. The zero-order valence-electron chi connectivity index (χ0n) is 19.2. The van der Waals surface area contributed by atoms with Crippen LogP contribution in [0.25, 0.3) is 17.1 Å². The Balaban J connectivity index is 1.40. The molecular formula is C26H26FN5O2. The van der Waals surface area contributed by atoms with Crippen LogP contribution in [0.1, 0.15) is 10.5 Å². The molecule has 0 radical (unpaired) electrons. The van der Waals surface area contributed by atoms with Crippen molar-refractivity contribution in [2.45, 2.75) is 0 Å². The molecule has 2 aromatic heterocycles. The molecule has 3 heterocycles. The molecule has 1 saturated heterocycles. The Bertz CT molecular complexity index is 1290. The zero-order chi connectivity index (χ0) is 23.7. The molecule has 0 atom stereocenters. The molecule has 2 aromatic carbocycles. The van der Waals surface area contributed by atoms with Crippen molar-refractivity contribution in [3.05, 3.63) is 84.4 Å². The quantitative estimate of drug-likeness (QED) is 0.453. The number of carbonyl (C=O) groups excluding carboxylic acids is 1. The molecule has 174 valence electrons. The fourth-order valence-corrected chi connectivity index (χ4v) is 4.29. The third-order valence-corrected chi connectivity index (χ3v) is 6.21. The maximum absolute atomic E-state index is 13.6. The van der Waals surface area contributed by atoms with Gasteiger partial charge >= 0.3 is 0 Å². The topological polar surface area (TPSA) is 55.5 Å². The number of aromatic nitrogens is 3. The average molecular weight is 460 g/mol. The van der Waals surface area contributed by atoms with Gasteiger partial charge in [0.2, 0.25) is 0 Å². The molecule has 0 saturated carbocycles. The van der Waals surface area contributed by atoms with Crippen LogP contribution in [0.2, 0.25) is 0 Å². The Kier molecular flexibility index (Phi) is 5.79. The third-order valence-electron chi connectivity index (χ3n) is 6.21. The summed E-state index contributed by atoms with van der Waals surface area (Å²) in [7, 11) is 3.59. The van der Waals surface area contributed by atoms with Gasteiger partial charge in [-0.1, -0.05) is 0 Å². The summed E-state index contributed by atoms with van der Waals surface area (Å²) in [5.41, 5.74) is 3.80. The summed E-state index contributed by atoms with van der Waals surface area (Å²) in [5, 5.41) is 4.71. The van der Waals surface area contributed by atoms with Crippen molar-refractivity contribution in [1.82, 2.24) is 19.2 Å². The number of hydrogen-bond acceptors (Lipinski definition) is 4. The van der Waals surface area contributed by atoms with E-state index < -0.39 is 0 Å². The smallest absolute Gasteiger partial charge is 0.272 e. The van der Waals surface area contributed by atoms with E-state index in [4.69, 9.17) is 9.84 Å². The highest BCUT2D eigenvalue weighted by Crippen LogP contribution is 2.25. The number of nitrogens with zero attached hydrogens (tertiary/aromatic N) is 5. The lowest BCUT2D eigenvalue weighted by Gasteiger charge is -2.36. The van der Waals surface area contributed by atoms with E-state index in [2.05, 4.69) is 4.90 Å². The van der Waals surface area contributed by atoms with Gasteiger partial charge < -0.3 is 19.1 Å². The number of halogens is 1. The Morgan fingerprint density at radius 1 is 0.941 bits per heavy atom. The van der Waals surface area contributed by atoms with Crippen molar-refractivity contribution in [1.29, 1.82) is 0 Å². The summed E-state index contributed by atoms with van der Waals surface area (Å²) < 4.78 is 22.3. The van der Waals surface area contributed by atoms with E-state index in [0.717, 1.165) is 30.2 Å². The van der Waals surface area contributed by atoms with Crippen molar-refractivity contribution in [2.75, 3.05) is 38.2 Å². The van der Waals surface area contributed by atoms with Gasteiger partial charge in [0.25, 0.3) is 5.91 Å². The number of methoxy groups -OCH3 is 1. The van der Waals surface area contributed by atoms with Crippen LogP contribution < -0.4 is 9.64 Å². The Morgan fingerprint density at radius 3 is 2.24 bits per heavy atom. The van der Waals surface area contributed by atoms with Crippen LogP contribution in [-0.2, 0) is 7.05 Å². The van der Waals surface area contributed by atoms with E-state index in [1.54, 1.807) is 23.9 Å². The molecule has 34 heavy (non-hydrogen) atoms. The van der Waals surface area contributed by atoms with Crippen LogP contribution in [0.15, 0.2) is 72.9 Å². The van der Waals surface area contributed by atoms with E-state index in [-0.39, 0.29) is 11.7 Å². The molecule has 8 heteroatoms. The predicted octanol–water partition coefficient (Wildman–Crippen LogP) is 3.99. The lowest BCUT2D eigenvalue weighted by molar-refractivity contribution is 0.0737. The minimum atomic E-state index is -0.332. The van der Waals surface area contributed by atoms with Gasteiger partial charge in [-0.05, 0) is 66.7 Å². The van der Waals surface area contributed by atoms with E-state index in [0.29, 0.717) is 30.2 Å². The number of piperazine rings is 1. The van der Waals surface area contributed by atoms with Gasteiger partial charge in [0, 0.05) is 45.1 Å². The normalized spacial score (nSPS) is 13.9. The average Bonchev–Trinajstić information content (AvgIpc) is 3.50. The SMILES string of the molecule is COc1ccc(N2CCN(C(=O)c3cc(-c4cccn4C)nn3-c3ccc(F)cc3)CC2)cc1. The largest absolute Gasteiger partial charge is 0.497 e. The second kappa shape index (κ2) is 9.05. The molecule has 1 aliphatic heterocycles. The maximum Gasteiger partial charge on any atom is 0.272 e. The first-order valence-corrected chi connectivity index (χ1v) is 11.2. The highest BCUT2D eigenvalue weighted by Gasteiger charge is 2.27. The van der Waals surface area contributed by atoms with Crippen molar-refractivity contribution < 1.29 is 13.9 Å². The predicted molar refractivity (Wildman–Crippen MR) is 129 cm³/mol. The van der Waals surface area contributed by atoms with Crippen LogP contribution in [0.4, 0.5) is 10.1 Å². The van der Waals surface area contributed by atoms with Gasteiger partial charge in [-0.15, -0.1) is 0 Å². The number of rotatable bonds is 5. The van der Waals surface area contributed by atoms with E-state index in [9.17, 15) is 9.18 Å². The van der Waals surface area contributed by atoms with E-state index in [1.165, 1.54) is 12.1 Å². The van der Waals surface area contributed by atoms with Crippen molar-refractivity contribution in [3.63, 3.8) is 0 Å². The fraction of sp³-hybridized carbons (Fsp3) is 0.231. The molecule has 7 nitrogen and oxygen atoms in total. The molecule has 0 bridgehead atoms. The highest BCUT2D eigenvalue weighted by molar-refractivity contribution is 5.94. The number of ether oxygens (including phenoxy) is 1. The molecule has 1 aliphatic rings. The third kappa shape index (κ3) is 4.14. The Morgan fingerprint density at radius 2 is 1.62 bits per heavy atom. The second-order valence-corrected chi connectivity index (χ2v) is 8.28. The van der Waals surface area contributed by atoms with Crippen LogP contribution in [0.3, 0.4) is 0 Å². The summed E-state index contributed by atoms with van der Waals surface area (Å²) >= 11 is 0. The number of amides is 1. The first-order valence-electron chi connectivity index (χ1n) is 11.2.